The summed E-state index contributed by atoms with van der Waals surface area (Å²) in [6.07, 6.45) is -0.0712. The molecule has 1 atom stereocenters. The van der Waals surface area contributed by atoms with Gasteiger partial charge in [-0.1, -0.05) is 29.5 Å². The molecule has 0 bridgehead atoms. The van der Waals surface area contributed by atoms with Gasteiger partial charge in [-0.3, -0.25) is 4.90 Å². The van der Waals surface area contributed by atoms with E-state index in [0.29, 0.717) is 6.61 Å². The van der Waals surface area contributed by atoms with Crippen LogP contribution >= 0.6 is 11.3 Å². The minimum absolute atomic E-state index is 0.0712. The minimum Gasteiger partial charge on any atom is -0.496 e. The summed E-state index contributed by atoms with van der Waals surface area (Å²) in [6, 6.07) is 12.3. The highest BCUT2D eigenvalue weighted by Crippen LogP contribution is 2.27. The maximum atomic E-state index is 6.03. The summed E-state index contributed by atoms with van der Waals surface area (Å²) in [4.78, 5) is 7.13. The lowest BCUT2D eigenvalue weighted by atomic mass is 10.1. The Hall–Kier alpha value is -2.55. The molecule has 1 aliphatic heterocycles. The number of anilines is 2. The maximum Gasteiger partial charge on any atom is 0.211 e. The van der Waals surface area contributed by atoms with Gasteiger partial charge in [0, 0.05) is 25.2 Å². The fraction of sp³-hybridized carbons (Fsp3) is 0.381. The van der Waals surface area contributed by atoms with Crippen LogP contribution in [0.15, 0.2) is 36.4 Å². The molecule has 4 rings (SSSR count). The van der Waals surface area contributed by atoms with E-state index in [1.807, 2.05) is 25.1 Å². The number of hydrogen-bond donors (Lipinski definition) is 1. The van der Waals surface area contributed by atoms with Crippen molar-refractivity contribution in [1.82, 2.24) is 20.1 Å². The first-order chi connectivity index (χ1) is 14.1. The molecule has 0 aliphatic carbocycles. The highest BCUT2D eigenvalue weighted by atomic mass is 32.1. The first-order valence-corrected chi connectivity index (χ1v) is 10.4. The molecule has 1 saturated heterocycles. The molecule has 3 heterocycles. The van der Waals surface area contributed by atoms with Gasteiger partial charge in [-0.25, -0.2) is 4.98 Å². The van der Waals surface area contributed by atoms with Crippen molar-refractivity contribution >= 4 is 22.3 Å². The third kappa shape index (κ3) is 4.90. The summed E-state index contributed by atoms with van der Waals surface area (Å²) in [7, 11) is 1.72. The molecule has 0 unspecified atom stereocenters. The van der Waals surface area contributed by atoms with Gasteiger partial charge >= 0.3 is 0 Å². The van der Waals surface area contributed by atoms with Gasteiger partial charge in [0.05, 0.1) is 19.4 Å². The first-order valence-electron chi connectivity index (χ1n) is 9.62. The van der Waals surface area contributed by atoms with Crippen molar-refractivity contribution in [2.75, 3.05) is 32.1 Å². The molecule has 7 nitrogen and oxygen atoms in total. The van der Waals surface area contributed by atoms with E-state index < -0.39 is 0 Å². The molecule has 152 valence electrons. The van der Waals surface area contributed by atoms with Crippen molar-refractivity contribution in [1.29, 1.82) is 0 Å². The number of methoxy groups -OCH3 is 1. The lowest BCUT2D eigenvalue weighted by Gasteiger charge is -2.33. The van der Waals surface area contributed by atoms with Gasteiger partial charge in [-0.15, -0.1) is 10.2 Å². The maximum absolute atomic E-state index is 6.03. The number of morpholine rings is 1. The summed E-state index contributed by atoms with van der Waals surface area (Å²) < 4.78 is 11.6. The number of aryl methyl sites for hydroxylation is 2. The first kappa shape index (κ1) is 19.8. The Labute approximate surface area is 174 Å². The van der Waals surface area contributed by atoms with Crippen molar-refractivity contribution in [2.45, 2.75) is 26.5 Å². The van der Waals surface area contributed by atoms with E-state index >= 15 is 0 Å². The molecule has 0 amide bonds. The van der Waals surface area contributed by atoms with Crippen LogP contribution in [0.3, 0.4) is 0 Å². The van der Waals surface area contributed by atoms with E-state index in [-0.39, 0.29) is 6.10 Å². The van der Waals surface area contributed by atoms with Gasteiger partial charge in [0.2, 0.25) is 5.13 Å². The molecule has 8 heteroatoms. The number of hydrogen-bond acceptors (Lipinski definition) is 8. The lowest BCUT2D eigenvalue weighted by Crippen LogP contribution is -2.38. The average Bonchev–Trinajstić information content (AvgIpc) is 3.14. The van der Waals surface area contributed by atoms with E-state index in [2.05, 4.69) is 45.5 Å². The zero-order valence-electron chi connectivity index (χ0n) is 16.9. The second kappa shape index (κ2) is 8.86. The number of benzene rings is 1. The third-order valence-electron chi connectivity index (χ3n) is 4.85. The third-order valence-corrected chi connectivity index (χ3v) is 5.60. The van der Waals surface area contributed by atoms with Crippen molar-refractivity contribution in [2.24, 2.45) is 0 Å². The zero-order valence-corrected chi connectivity index (χ0v) is 17.7. The van der Waals surface area contributed by atoms with Gasteiger partial charge in [-0.05, 0) is 37.6 Å². The largest absolute Gasteiger partial charge is 0.496 e. The monoisotopic (exact) mass is 411 g/mol. The Morgan fingerprint density at radius 3 is 2.93 bits per heavy atom. The van der Waals surface area contributed by atoms with E-state index in [0.717, 1.165) is 47.0 Å². The van der Waals surface area contributed by atoms with Crippen LogP contribution in [0, 0.1) is 13.8 Å². The van der Waals surface area contributed by atoms with E-state index in [1.165, 1.54) is 22.5 Å². The van der Waals surface area contributed by atoms with Crippen LogP contribution in [0.4, 0.5) is 10.9 Å². The van der Waals surface area contributed by atoms with Gasteiger partial charge in [0.25, 0.3) is 0 Å². The molecule has 1 aromatic carbocycles. The molecule has 1 aliphatic rings. The Morgan fingerprint density at radius 1 is 1.24 bits per heavy atom. The fourth-order valence-corrected chi connectivity index (χ4v) is 4.00. The summed E-state index contributed by atoms with van der Waals surface area (Å²) in [6.45, 7) is 7.17. The molecule has 1 N–H and O–H groups in total. The number of pyridine rings is 1. The summed E-state index contributed by atoms with van der Waals surface area (Å²) in [5.74, 6) is 1.68. The predicted molar refractivity (Wildman–Crippen MR) is 114 cm³/mol. The van der Waals surface area contributed by atoms with Gasteiger partial charge in [0.15, 0.2) is 0 Å². The van der Waals surface area contributed by atoms with Crippen LogP contribution in [0.2, 0.25) is 0 Å². The summed E-state index contributed by atoms with van der Waals surface area (Å²) >= 11 is 1.51. The topological polar surface area (TPSA) is 72.4 Å². The molecule has 29 heavy (non-hydrogen) atoms. The number of rotatable bonds is 6. The van der Waals surface area contributed by atoms with Crippen molar-refractivity contribution in [3.05, 3.63) is 58.2 Å². The average molecular weight is 412 g/mol. The predicted octanol–water partition coefficient (Wildman–Crippen LogP) is 3.88. The second-order valence-electron chi connectivity index (χ2n) is 7.11. The molecule has 0 saturated carbocycles. The van der Waals surface area contributed by atoms with E-state index in [9.17, 15) is 0 Å². The summed E-state index contributed by atoms with van der Waals surface area (Å²) in [5.41, 5.74) is 3.30. The highest BCUT2D eigenvalue weighted by molar-refractivity contribution is 7.15. The van der Waals surface area contributed by atoms with E-state index in [4.69, 9.17) is 14.5 Å². The van der Waals surface area contributed by atoms with Crippen LogP contribution in [-0.4, -0.2) is 46.9 Å². The number of nitrogens with zero attached hydrogens (tertiary/aromatic N) is 4. The zero-order chi connectivity index (χ0) is 20.2. The lowest BCUT2D eigenvalue weighted by molar-refractivity contribution is -0.0350. The molecular weight excluding hydrogens is 386 g/mol. The summed E-state index contributed by atoms with van der Waals surface area (Å²) in [5, 5.41) is 13.0. The van der Waals surface area contributed by atoms with Gasteiger partial charge < -0.3 is 14.8 Å². The quantitative estimate of drug-likeness (QED) is 0.660. The standard InChI is InChI=1S/C21H25N5O2S/c1-14-7-8-16(18(11-14)27-3)12-26-9-10-28-19(13-26)17-5-4-6-20(22-17)23-21-25-24-15(2)29-21/h4-8,11,19H,9-10,12-13H2,1-3H3,(H,22,23,25)/t19-/m1/s1. The smallest absolute Gasteiger partial charge is 0.211 e. The number of nitrogens with one attached hydrogen (secondary N) is 1. The number of ether oxygens (including phenoxy) is 2. The number of aromatic nitrogens is 3. The van der Waals surface area contributed by atoms with Crippen LogP contribution in [-0.2, 0) is 11.3 Å². The second-order valence-corrected chi connectivity index (χ2v) is 8.29. The molecule has 2 aromatic heterocycles. The molecule has 0 spiro atoms. The van der Waals surface area contributed by atoms with Crippen molar-refractivity contribution < 1.29 is 9.47 Å². The van der Waals surface area contributed by atoms with Crippen LogP contribution in [0.1, 0.15) is 27.9 Å². The fourth-order valence-electron chi connectivity index (χ4n) is 3.41. The Balaban J connectivity index is 1.45. The Morgan fingerprint density at radius 2 is 2.14 bits per heavy atom. The van der Waals surface area contributed by atoms with Crippen LogP contribution < -0.4 is 10.1 Å². The molecule has 0 radical (unpaired) electrons. The Kier molecular flexibility index (Phi) is 6.03. The van der Waals surface area contributed by atoms with Crippen molar-refractivity contribution in [3.63, 3.8) is 0 Å². The Bertz CT molecular complexity index is 977. The molecular formula is C21H25N5O2S. The molecule has 1 fully saturated rings. The van der Waals surface area contributed by atoms with Crippen molar-refractivity contribution in [3.8, 4) is 5.75 Å². The van der Waals surface area contributed by atoms with Crippen LogP contribution in [0.5, 0.6) is 5.75 Å². The van der Waals surface area contributed by atoms with Gasteiger partial charge in [0.1, 0.15) is 22.7 Å². The SMILES string of the molecule is COc1cc(C)ccc1CN1CCO[C@@H](c2cccc(Nc3nnc(C)s3)n2)C1. The normalized spacial score (nSPS) is 17.3. The van der Waals surface area contributed by atoms with E-state index in [1.54, 1.807) is 7.11 Å². The minimum atomic E-state index is -0.0712. The van der Waals surface area contributed by atoms with Gasteiger partial charge in [-0.2, -0.15) is 0 Å². The van der Waals surface area contributed by atoms with Crippen LogP contribution in [0.25, 0.3) is 0 Å². The highest BCUT2D eigenvalue weighted by Gasteiger charge is 2.24. The molecule has 3 aromatic rings.